The van der Waals surface area contributed by atoms with Crippen LogP contribution in [0.25, 0.3) is 6.08 Å². The van der Waals surface area contributed by atoms with E-state index in [-0.39, 0.29) is 0 Å². The number of hydrogen-bond acceptors (Lipinski definition) is 3. The lowest BCUT2D eigenvalue weighted by Gasteiger charge is -1.95. The van der Waals surface area contributed by atoms with E-state index in [0.717, 1.165) is 11.6 Å². The summed E-state index contributed by atoms with van der Waals surface area (Å²) in [4.78, 5) is 10.6. The van der Waals surface area contributed by atoms with Crippen LogP contribution in [0.5, 0.6) is 0 Å². The highest BCUT2D eigenvalue weighted by Crippen LogP contribution is 2.06. The SMILES string of the molecule is C=CC(=O)OC=Cc1ccc(N)cc1. The summed E-state index contributed by atoms with van der Waals surface area (Å²) in [5.74, 6) is -0.475. The molecule has 0 aliphatic rings. The van der Waals surface area contributed by atoms with Crippen LogP contribution in [-0.4, -0.2) is 5.97 Å². The van der Waals surface area contributed by atoms with Crippen LogP contribution in [0.4, 0.5) is 5.69 Å². The van der Waals surface area contributed by atoms with E-state index >= 15 is 0 Å². The molecular weight excluding hydrogens is 178 g/mol. The first kappa shape index (κ1) is 10.1. The summed E-state index contributed by atoms with van der Waals surface area (Å²) in [7, 11) is 0. The zero-order valence-electron chi connectivity index (χ0n) is 7.64. The van der Waals surface area contributed by atoms with Crippen molar-refractivity contribution in [3.63, 3.8) is 0 Å². The minimum absolute atomic E-state index is 0.475. The van der Waals surface area contributed by atoms with Crippen molar-refractivity contribution < 1.29 is 9.53 Å². The monoisotopic (exact) mass is 189 g/mol. The lowest BCUT2D eigenvalue weighted by molar-refractivity contribution is -0.132. The summed E-state index contributed by atoms with van der Waals surface area (Å²) >= 11 is 0. The second-order valence-corrected chi connectivity index (χ2v) is 2.61. The Kier molecular flexibility index (Phi) is 3.49. The lowest BCUT2D eigenvalue weighted by atomic mass is 10.2. The van der Waals surface area contributed by atoms with Crippen molar-refractivity contribution in [1.29, 1.82) is 0 Å². The van der Waals surface area contributed by atoms with E-state index in [1.54, 1.807) is 18.2 Å². The zero-order chi connectivity index (χ0) is 10.4. The van der Waals surface area contributed by atoms with E-state index in [4.69, 9.17) is 5.73 Å². The molecule has 0 atom stereocenters. The molecule has 3 nitrogen and oxygen atoms in total. The van der Waals surface area contributed by atoms with Gasteiger partial charge in [0.15, 0.2) is 0 Å². The van der Waals surface area contributed by atoms with Gasteiger partial charge in [-0.25, -0.2) is 4.79 Å². The van der Waals surface area contributed by atoms with Gasteiger partial charge >= 0.3 is 5.97 Å². The van der Waals surface area contributed by atoms with E-state index in [0.29, 0.717) is 5.69 Å². The van der Waals surface area contributed by atoms with Gasteiger partial charge in [0.2, 0.25) is 0 Å². The minimum atomic E-state index is -0.475. The lowest BCUT2D eigenvalue weighted by Crippen LogP contribution is -1.91. The predicted molar refractivity (Wildman–Crippen MR) is 56.2 cm³/mol. The van der Waals surface area contributed by atoms with Gasteiger partial charge in [0.05, 0.1) is 6.26 Å². The molecule has 72 valence electrons. The van der Waals surface area contributed by atoms with Crippen molar-refractivity contribution in [3.05, 3.63) is 48.7 Å². The van der Waals surface area contributed by atoms with Gasteiger partial charge in [0.1, 0.15) is 0 Å². The predicted octanol–water partition coefficient (Wildman–Crippen LogP) is 1.97. The van der Waals surface area contributed by atoms with Crippen LogP contribution in [0.1, 0.15) is 5.56 Å². The average molecular weight is 189 g/mol. The number of anilines is 1. The highest BCUT2D eigenvalue weighted by atomic mass is 16.5. The fourth-order valence-corrected chi connectivity index (χ4v) is 0.835. The Morgan fingerprint density at radius 3 is 2.57 bits per heavy atom. The van der Waals surface area contributed by atoms with E-state index < -0.39 is 5.97 Å². The average Bonchev–Trinajstić information content (AvgIpc) is 2.21. The molecule has 0 amide bonds. The molecule has 0 radical (unpaired) electrons. The molecule has 0 fully saturated rings. The number of esters is 1. The van der Waals surface area contributed by atoms with Crippen LogP contribution >= 0.6 is 0 Å². The number of ether oxygens (including phenoxy) is 1. The zero-order valence-corrected chi connectivity index (χ0v) is 7.64. The number of benzene rings is 1. The molecule has 0 aliphatic heterocycles. The van der Waals surface area contributed by atoms with Crippen LogP contribution in [0.15, 0.2) is 43.2 Å². The van der Waals surface area contributed by atoms with Crippen LogP contribution in [0.2, 0.25) is 0 Å². The van der Waals surface area contributed by atoms with Crippen molar-refractivity contribution in [2.24, 2.45) is 0 Å². The molecule has 0 bridgehead atoms. The molecule has 0 saturated carbocycles. The Morgan fingerprint density at radius 1 is 1.36 bits per heavy atom. The van der Waals surface area contributed by atoms with Crippen LogP contribution < -0.4 is 5.73 Å². The van der Waals surface area contributed by atoms with Crippen molar-refractivity contribution in [1.82, 2.24) is 0 Å². The van der Waals surface area contributed by atoms with Gasteiger partial charge in [0.25, 0.3) is 0 Å². The number of hydrogen-bond donors (Lipinski definition) is 1. The van der Waals surface area contributed by atoms with Gasteiger partial charge in [-0.2, -0.15) is 0 Å². The van der Waals surface area contributed by atoms with E-state index in [1.165, 1.54) is 6.26 Å². The molecule has 3 heteroatoms. The van der Waals surface area contributed by atoms with Gasteiger partial charge in [-0.15, -0.1) is 0 Å². The summed E-state index contributed by atoms with van der Waals surface area (Å²) in [6, 6.07) is 7.20. The normalized spacial score (nSPS) is 10.0. The Morgan fingerprint density at radius 2 is 2.00 bits per heavy atom. The van der Waals surface area contributed by atoms with Crippen molar-refractivity contribution in [2.45, 2.75) is 0 Å². The summed E-state index contributed by atoms with van der Waals surface area (Å²) < 4.78 is 4.66. The van der Waals surface area contributed by atoms with Crippen molar-refractivity contribution in [2.75, 3.05) is 5.73 Å². The number of carbonyl (C=O) groups is 1. The first-order valence-electron chi connectivity index (χ1n) is 4.07. The number of carbonyl (C=O) groups excluding carboxylic acids is 1. The van der Waals surface area contributed by atoms with Gasteiger partial charge in [-0.3, -0.25) is 0 Å². The third-order valence-electron chi connectivity index (χ3n) is 1.55. The fraction of sp³-hybridized carbons (Fsp3) is 0. The van der Waals surface area contributed by atoms with Crippen LogP contribution in [0.3, 0.4) is 0 Å². The van der Waals surface area contributed by atoms with Gasteiger partial charge in [0, 0.05) is 11.8 Å². The summed E-state index contributed by atoms with van der Waals surface area (Å²) in [6.45, 7) is 3.27. The van der Waals surface area contributed by atoms with Crippen molar-refractivity contribution in [3.8, 4) is 0 Å². The molecule has 0 aliphatic carbocycles. The van der Waals surface area contributed by atoms with Crippen LogP contribution in [-0.2, 0) is 9.53 Å². The van der Waals surface area contributed by atoms with E-state index in [9.17, 15) is 4.79 Å². The van der Waals surface area contributed by atoms with Crippen LogP contribution in [0, 0.1) is 0 Å². The summed E-state index contributed by atoms with van der Waals surface area (Å²) in [5, 5.41) is 0. The smallest absolute Gasteiger partial charge is 0.334 e. The molecular formula is C11H11NO2. The maximum Gasteiger partial charge on any atom is 0.334 e. The fourth-order valence-electron chi connectivity index (χ4n) is 0.835. The summed E-state index contributed by atoms with van der Waals surface area (Å²) in [6.07, 6.45) is 4.09. The molecule has 1 aromatic rings. The maximum atomic E-state index is 10.6. The number of rotatable bonds is 3. The number of nitrogen functional groups attached to an aromatic ring is 1. The highest BCUT2D eigenvalue weighted by Gasteiger charge is 1.90. The molecule has 0 unspecified atom stereocenters. The Balaban J connectivity index is 2.56. The first-order chi connectivity index (χ1) is 6.72. The number of nitrogens with two attached hydrogens (primary N) is 1. The van der Waals surface area contributed by atoms with Gasteiger partial charge in [-0.1, -0.05) is 18.7 Å². The Hall–Kier alpha value is -2.03. The van der Waals surface area contributed by atoms with Gasteiger partial charge < -0.3 is 10.5 Å². The Labute approximate surface area is 82.5 Å². The largest absolute Gasteiger partial charge is 0.431 e. The minimum Gasteiger partial charge on any atom is -0.431 e. The quantitative estimate of drug-likeness (QED) is 0.342. The molecule has 1 rings (SSSR count). The first-order valence-corrected chi connectivity index (χ1v) is 4.07. The van der Waals surface area contributed by atoms with Gasteiger partial charge in [-0.05, 0) is 23.8 Å². The molecule has 0 heterocycles. The van der Waals surface area contributed by atoms with E-state index in [2.05, 4.69) is 11.3 Å². The standard InChI is InChI=1S/C11H11NO2/c1-2-11(13)14-8-7-9-3-5-10(12)6-4-9/h2-8H,1,12H2. The molecule has 1 aromatic carbocycles. The third kappa shape index (κ3) is 3.15. The third-order valence-corrected chi connectivity index (χ3v) is 1.55. The summed E-state index contributed by atoms with van der Waals surface area (Å²) in [5.41, 5.74) is 7.11. The van der Waals surface area contributed by atoms with Crippen molar-refractivity contribution >= 4 is 17.7 Å². The molecule has 2 N–H and O–H groups in total. The Bertz CT molecular complexity index is 352. The molecule has 0 aromatic heterocycles. The second kappa shape index (κ2) is 4.87. The maximum absolute atomic E-state index is 10.6. The second-order valence-electron chi connectivity index (χ2n) is 2.61. The molecule has 14 heavy (non-hydrogen) atoms. The molecule has 0 spiro atoms. The van der Waals surface area contributed by atoms with E-state index in [1.807, 2.05) is 12.1 Å². The highest BCUT2D eigenvalue weighted by molar-refractivity contribution is 5.82. The molecule has 0 saturated heterocycles. The topological polar surface area (TPSA) is 52.3 Å².